The molecule has 1 aromatic carbocycles. The Balaban J connectivity index is 1.67. The maximum Gasteiger partial charge on any atom is 0.294 e. The molecule has 16 nitrogen and oxygen atoms in total. The van der Waals surface area contributed by atoms with Gasteiger partial charge in [0.2, 0.25) is 10.0 Å². The Hall–Kier alpha value is -4.25. The molecule has 3 heterocycles. The van der Waals surface area contributed by atoms with E-state index in [1.807, 2.05) is 31.5 Å². The minimum absolute atomic E-state index is 0.00158. The van der Waals surface area contributed by atoms with Gasteiger partial charge in [-0.25, -0.2) is 13.4 Å². The molecule has 17 heteroatoms. The van der Waals surface area contributed by atoms with Gasteiger partial charge in [0.25, 0.3) is 15.7 Å². The van der Waals surface area contributed by atoms with Gasteiger partial charge in [0.1, 0.15) is 29.8 Å². The molecule has 0 saturated carbocycles. The molecule has 1 fully saturated rings. The number of hydrogen-bond donors (Lipinski definition) is 1. The molecule has 3 aromatic rings. The highest BCUT2D eigenvalue weighted by Gasteiger charge is 2.35. The minimum atomic E-state index is -4.06. The normalized spacial score (nSPS) is 15.2. The Morgan fingerprint density at radius 1 is 1.11 bits per heavy atom. The van der Waals surface area contributed by atoms with E-state index in [9.17, 15) is 33.4 Å². The van der Waals surface area contributed by atoms with Crippen LogP contribution in [0.1, 0.15) is 52.0 Å². The van der Waals surface area contributed by atoms with Gasteiger partial charge in [0.05, 0.1) is 22.6 Å². The molecule has 0 bridgehead atoms. The van der Waals surface area contributed by atoms with Crippen molar-refractivity contribution >= 4 is 21.1 Å². The summed E-state index contributed by atoms with van der Waals surface area (Å²) in [5.74, 6) is 0.00610. The predicted octanol–water partition coefficient (Wildman–Crippen LogP) is 3.34. The fraction of sp³-hybridized carbons (Fsp3) is 0.556. The highest BCUT2D eigenvalue weighted by molar-refractivity contribution is 7.89. The summed E-state index contributed by atoms with van der Waals surface area (Å²) in [6.45, 7) is 6.20. The summed E-state index contributed by atoms with van der Waals surface area (Å²) in [5, 5.41) is 19.4. The van der Waals surface area contributed by atoms with E-state index >= 15 is 0 Å². The Kier molecular flexibility index (Phi) is 10.4. The van der Waals surface area contributed by atoms with Crippen LogP contribution in [0.2, 0.25) is 0 Å². The lowest BCUT2D eigenvalue weighted by Crippen LogP contribution is -2.43. The molecule has 0 amide bonds. The molecule has 2 aromatic heterocycles. The SMILES string of the molecule is CCCOc1ccc(S(=O)(=O)N2CCC([C@@H](CO[N+](=O)[O-])O[N+](=O)[O-])CC2)cc1-c1nc2c(CCC)cn(CC)c2c(=O)[nH]1. The molecule has 44 heavy (non-hydrogen) atoms. The molecule has 4 rings (SSSR count). The number of rotatable bonds is 15. The second-order valence-electron chi connectivity index (χ2n) is 10.4. The summed E-state index contributed by atoms with van der Waals surface area (Å²) in [4.78, 5) is 51.3. The number of aromatic amines is 1. The molecule has 240 valence electrons. The first-order valence-corrected chi connectivity index (χ1v) is 15.9. The number of sulfonamides is 1. The number of aryl methyl sites for hydroxylation is 2. The number of benzene rings is 1. The van der Waals surface area contributed by atoms with E-state index in [-0.39, 0.29) is 42.2 Å². The topological polar surface area (TPSA) is 202 Å². The Morgan fingerprint density at radius 3 is 2.45 bits per heavy atom. The van der Waals surface area contributed by atoms with Crippen molar-refractivity contribution in [2.45, 2.75) is 70.4 Å². The number of ether oxygens (including phenoxy) is 1. The zero-order chi connectivity index (χ0) is 32.0. The number of nitrogens with zero attached hydrogens (tertiary/aromatic N) is 5. The average molecular weight is 637 g/mol. The first kappa shape index (κ1) is 32.7. The molecule has 0 radical (unpaired) electrons. The van der Waals surface area contributed by atoms with Crippen LogP contribution >= 0.6 is 0 Å². The first-order chi connectivity index (χ1) is 21.0. The molecule has 1 N–H and O–H groups in total. The third-order valence-electron chi connectivity index (χ3n) is 7.55. The summed E-state index contributed by atoms with van der Waals surface area (Å²) in [6.07, 6.45) is 3.28. The Bertz CT molecular complexity index is 1660. The smallest absolute Gasteiger partial charge is 0.294 e. The Labute approximate surface area is 253 Å². The monoisotopic (exact) mass is 636 g/mol. The Morgan fingerprint density at radius 2 is 1.84 bits per heavy atom. The number of piperidine rings is 1. The summed E-state index contributed by atoms with van der Waals surface area (Å²) in [6, 6.07) is 4.39. The van der Waals surface area contributed by atoms with Crippen molar-refractivity contribution in [2.75, 3.05) is 26.3 Å². The van der Waals surface area contributed by atoms with Crippen LogP contribution in [0.4, 0.5) is 0 Å². The second kappa shape index (κ2) is 14.0. The van der Waals surface area contributed by atoms with Crippen LogP contribution in [0, 0.1) is 26.1 Å². The number of aromatic nitrogens is 3. The lowest BCUT2D eigenvalue weighted by Gasteiger charge is -2.34. The van der Waals surface area contributed by atoms with Crippen LogP contribution in [0.25, 0.3) is 22.4 Å². The molecule has 0 aliphatic carbocycles. The molecule has 1 aliphatic heterocycles. The van der Waals surface area contributed by atoms with Crippen molar-refractivity contribution in [1.82, 2.24) is 18.8 Å². The van der Waals surface area contributed by atoms with Gasteiger partial charge in [-0.05, 0) is 62.3 Å². The van der Waals surface area contributed by atoms with E-state index in [0.717, 1.165) is 12.0 Å². The van der Waals surface area contributed by atoms with E-state index in [4.69, 9.17) is 9.72 Å². The standard InChI is InChI=1S/C27H36N6O10S/c1-4-7-19-16-30(6-3)25-24(19)28-26(29-27(25)34)21-15-20(8-9-22(21)41-14-5-2)44(39,40)31-12-10-18(11-13-31)23(43-33(37)38)17-42-32(35)36/h8-9,15-16,18,23H,4-7,10-14,17H2,1-3H3,(H,28,29,34)/t23-/m1/s1. The predicted molar refractivity (Wildman–Crippen MR) is 158 cm³/mol. The number of fused-ring (bicyclic) bond motifs is 1. The van der Waals surface area contributed by atoms with Crippen LogP contribution in [0.5, 0.6) is 5.75 Å². The molecule has 0 unspecified atom stereocenters. The second-order valence-corrected chi connectivity index (χ2v) is 12.4. The molecule has 1 saturated heterocycles. The van der Waals surface area contributed by atoms with Crippen LogP contribution in [0.3, 0.4) is 0 Å². The molecule has 0 spiro atoms. The molecule has 1 aliphatic rings. The number of nitrogens with one attached hydrogen (secondary N) is 1. The third-order valence-corrected chi connectivity index (χ3v) is 9.45. The van der Waals surface area contributed by atoms with Gasteiger partial charge in [-0.15, -0.1) is 20.2 Å². The van der Waals surface area contributed by atoms with Crippen LogP contribution < -0.4 is 10.3 Å². The quantitative estimate of drug-likeness (QED) is 0.189. The van der Waals surface area contributed by atoms with Crippen molar-refractivity contribution in [2.24, 2.45) is 5.92 Å². The van der Waals surface area contributed by atoms with Crippen LogP contribution in [-0.2, 0) is 32.7 Å². The van der Waals surface area contributed by atoms with Crippen molar-refractivity contribution < 1.29 is 33.0 Å². The van der Waals surface area contributed by atoms with Crippen molar-refractivity contribution in [3.63, 3.8) is 0 Å². The highest BCUT2D eigenvalue weighted by atomic mass is 32.2. The zero-order valence-corrected chi connectivity index (χ0v) is 25.6. The lowest BCUT2D eigenvalue weighted by atomic mass is 9.92. The van der Waals surface area contributed by atoms with Gasteiger partial charge in [0.15, 0.2) is 0 Å². The first-order valence-electron chi connectivity index (χ1n) is 14.5. The van der Waals surface area contributed by atoms with E-state index in [1.165, 1.54) is 22.5 Å². The van der Waals surface area contributed by atoms with E-state index < -0.39 is 38.8 Å². The third kappa shape index (κ3) is 7.10. The molecular weight excluding hydrogens is 600 g/mol. The fourth-order valence-electron chi connectivity index (χ4n) is 5.43. The van der Waals surface area contributed by atoms with Gasteiger partial charge in [-0.3, -0.25) is 4.79 Å². The van der Waals surface area contributed by atoms with Crippen molar-refractivity contribution in [3.05, 3.63) is 60.5 Å². The van der Waals surface area contributed by atoms with Crippen LogP contribution in [-0.4, -0.2) is 69.8 Å². The number of H-pyrrole nitrogens is 1. The summed E-state index contributed by atoms with van der Waals surface area (Å²) >= 11 is 0. The maximum atomic E-state index is 13.8. The van der Waals surface area contributed by atoms with Gasteiger partial charge >= 0.3 is 0 Å². The van der Waals surface area contributed by atoms with Crippen LogP contribution in [0.15, 0.2) is 34.1 Å². The number of hydrogen-bond acceptors (Lipinski definition) is 11. The maximum absolute atomic E-state index is 13.8. The summed E-state index contributed by atoms with van der Waals surface area (Å²) in [5.41, 5.74) is 1.89. The molecular formula is C27H36N6O10S. The summed E-state index contributed by atoms with van der Waals surface area (Å²) in [7, 11) is -4.06. The highest BCUT2D eigenvalue weighted by Crippen LogP contribution is 2.34. The van der Waals surface area contributed by atoms with E-state index in [0.29, 0.717) is 48.3 Å². The van der Waals surface area contributed by atoms with Gasteiger partial charge < -0.3 is 24.0 Å². The van der Waals surface area contributed by atoms with E-state index in [1.54, 1.807) is 0 Å². The van der Waals surface area contributed by atoms with Gasteiger partial charge in [-0.1, -0.05) is 20.3 Å². The summed E-state index contributed by atoms with van der Waals surface area (Å²) < 4.78 is 36.5. The minimum Gasteiger partial charge on any atom is -0.493 e. The van der Waals surface area contributed by atoms with Crippen molar-refractivity contribution in [3.8, 4) is 17.1 Å². The largest absolute Gasteiger partial charge is 0.493 e. The average Bonchev–Trinajstić information content (AvgIpc) is 3.36. The lowest BCUT2D eigenvalue weighted by molar-refractivity contribution is -0.791. The molecule has 1 atom stereocenters. The van der Waals surface area contributed by atoms with E-state index in [2.05, 4.69) is 14.7 Å². The van der Waals surface area contributed by atoms with Gasteiger partial charge in [0, 0.05) is 25.8 Å². The van der Waals surface area contributed by atoms with Gasteiger partial charge in [-0.2, -0.15) is 4.31 Å². The fourth-order valence-corrected chi connectivity index (χ4v) is 6.92. The zero-order valence-electron chi connectivity index (χ0n) is 24.8. The van der Waals surface area contributed by atoms with Crippen molar-refractivity contribution in [1.29, 1.82) is 0 Å².